The van der Waals surface area contributed by atoms with Crippen molar-refractivity contribution in [2.75, 3.05) is 0 Å². The van der Waals surface area contributed by atoms with E-state index in [0.29, 0.717) is 5.22 Å². The van der Waals surface area contributed by atoms with Gasteiger partial charge in [0.1, 0.15) is 0 Å². The number of aryl methyl sites for hydroxylation is 1. The second-order valence-corrected chi connectivity index (χ2v) is 6.61. The van der Waals surface area contributed by atoms with E-state index < -0.39 is 0 Å². The van der Waals surface area contributed by atoms with Gasteiger partial charge < -0.3 is 4.42 Å². The van der Waals surface area contributed by atoms with Crippen molar-refractivity contribution in [1.82, 2.24) is 4.98 Å². The summed E-state index contributed by atoms with van der Waals surface area (Å²) in [6, 6.07) is 16.5. The van der Waals surface area contributed by atoms with Gasteiger partial charge >= 0.3 is 0 Å². The van der Waals surface area contributed by atoms with Crippen LogP contribution in [0.3, 0.4) is 0 Å². The molecule has 0 spiro atoms. The Balaban J connectivity index is 1.67. The van der Waals surface area contributed by atoms with Crippen LogP contribution in [0.4, 0.5) is 0 Å². The van der Waals surface area contributed by atoms with E-state index in [9.17, 15) is 0 Å². The average molecular weight is 360 g/mol. The number of oxazole rings is 1. The normalized spacial score (nSPS) is 10.8. The highest BCUT2D eigenvalue weighted by atomic mass is 79.9. The molecule has 0 fully saturated rings. The van der Waals surface area contributed by atoms with Gasteiger partial charge in [-0.15, -0.1) is 0 Å². The number of hydrogen-bond acceptors (Lipinski definition) is 3. The van der Waals surface area contributed by atoms with Gasteiger partial charge in [-0.25, -0.2) is 4.98 Å². The number of thioether (sulfide) groups is 1. The van der Waals surface area contributed by atoms with Crippen LogP contribution in [0.15, 0.2) is 68.8 Å². The Morgan fingerprint density at radius 1 is 1.05 bits per heavy atom. The number of hydrogen-bond donors (Lipinski definition) is 0. The summed E-state index contributed by atoms with van der Waals surface area (Å²) < 4.78 is 6.85. The summed E-state index contributed by atoms with van der Waals surface area (Å²) in [5, 5.41) is 0.702. The van der Waals surface area contributed by atoms with Crippen LogP contribution in [0.25, 0.3) is 11.3 Å². The molecule has 3 rings (SSSR count). The van der Waals surface area contributed by atoms with E-state index in [4.69, 9.17) is 4.42 Å². The van der Waals surface area contributed by atoms with Crippen molar-refractivity contribution in [2.24, 2.45) is 0 Å². The van der Waals surface area contributed by atoms with Crippen LogP contribution in [0.2, 0.25) is 0 Å². The fourth-order valence-electron chi connectivity index (χ4n) is 1.90. The van der Waals surface area contributed by atoms with E-state index in [1.54, 1.807) is 18.0 Å². The zero-order chi connectivity index (χ0) is 14.7. The lowest BCUT2D eigenvalue weighted by Gasteiger charge is -1.99. The maximum Gasteiger partial charge on any atom is 0.256 e. The molecule has 0 bridgehead atoms. The van der Waals surface area contributed by atoms with Crippen LogP contribution in [0.5, 0.6) is 0 Å². The minimum Gasteiger partial charge on any atom is -0.431 e. The fourth-order valence-corrected chi connectivity index (χ4v) is 2.92. The predicted molar refractivity (Wildman–Crippen MR) is 90.4 cm³/mol. The van der Waals surface area contributed by atoms with Crippen LogP contribution in [-0.4, -0.2) is 4.98 Å². The molecule has 3 aromatic rings. The maximum atomic E-state index is 5.79. The van der Waals surface area contributed by atoms with Crippen molar-refractivity contribution < 1.29 is 4.42 Å². The molecule has 0 aliphatic rings. The first-order chi connectivity index (χ1) is 10.2. The van der Waals surface area contributed by atoms with E-state index in [-0.39, 0.29) is 0 Å². The molecule has 0 N–H and O–H groups in total. The summed E-state index contributed by atoms with van der Waals surface area (Å²) in [6.45, 7) is 2.09. The first kappa shape index (κ1) is 14.4. The number of halogens is 1. The lowest BCUT2D eigenvalue weighted by molar-refractivity contribution is 0.466. The Labute approximate surface area is 136 Å². The van der Waals surface area contributed by atoms with Gasteiger partial charge in [0.25, 0.3) is 5.22 Å². The summed E-state index contributed by atoms with van der Waals surface area (Å²) in [5.74, 6) is 1.66. The van der Waals surface area contributed by atoms with Crippen molar-refractivity contribution in [2.45, 2.75) is 17.9 Å². The van der Waals surface area contributed by atoms with E-state index >= 15 is 0 Å². The monoisotopic (exact) mass is 359 g/mol. The first-order valence-corrected chi connectivity index (χ1v) is 8.39. The topological polar surface area (TPSA) is 26.0 Å². The Morgan fingerprint density at radius 3 is 2.48 bits per heavy atom. The second-order valence-electron chi connectivity index (χ2n) is 4.77. The van der Waals surface area contributed by atoms with E-state index in [0.717, 1.165) is 21.5 Å². The van der Waals surface area contributed by atoms with E-state index in [1.165, 1.54) is 11.1 Å². The quantitative estimate of drug-likeness (QED) is 0.558. The Bertz CT molecular complexity index is 719. The lowest BCUT2D eigenvalue weighted by atomic mass is 10.2. The van der Waals surface area contributed by atoms with Gasteiger partial charge in [-0.3, -0.25) is 0 Å². The SMILES string of the molecule is Cc1ccc(CSc2ncc(-c3ccc(Br)cc3)o2)cc1. The van der Waals surface area contributed by atoms with Crippen molar-refractivity contribution in [3.8, 4) is 11.3 Å². The van der Waals surface area contributed by atoms with Gasteiger partial charge in [0.2, 0.25) is 0 Å². The molecule has 0 atom stereocenters. The van der Waals surface area contributed by atoms with Crippen LogP contribution in [0, 0.1) is 6.92 Å². The van der Waals surface area contributed by atoms with Gasteiger partial charge in [-0.05, 0) is 24.6 Å². The molecular weight excluding hydrogens is 346 g/mol. The molecule has 0 amide bonds. The molecule has 0 aliphatic carbocycles. The van der Waals surface area contributed by atoms with Gasteiger partial charge in [0.05, 0.1) is 6.20 Å². The first-order valence-electron chi connectivity index (χ1n) is 6.61. The van der Waals surface area contributed by atoms with Crippen LogP contribution in [-0.2, 0) is 5.75 Å². The van der Waals surface area contributed by atoms with E-state index in [1.807, 2.05) is 24.3 Å². The molecule has 1 heterocycles. The number of benzene rings is 2. The third kappa shape index (κ3) is 3.77. The Kier molecular flexibility index (Phi) is 4.46. The zero-order valence-electron chi connectivity index (χ0n) is 11.5. The fraction of sp³-hybridized carbons (Fsp3) is 0.118. The average Bonchev–Trinajstić information content (AvgIpc) is 2.96. The third-order valence-corrected chi connectivity index (χ3v) is 4.54. The highest BCUT2D eigenvalue weighted by molar-refractivity contribution is 9.10. The summed E-state index contributed by atoms with van der Waals surface area (Å²) in [5.41, 5.74) is 3.58. The highest BCUT2D eigenvalue weighted by Crippen LogP contribution is 2.28. The van der Waals surface area contributed by atoms with Crippen LogP contribution in [0.1, 0.15) is 11.1 Å². The molecule has 2 aromatic carbocycles. The van der Waals surface area contributed by atoms with Gasteiger partial charge in [0.15, 0.2) is 5.76 Å². The zero-order valence-corrected chi connectivity index (χ0v) is 13.9. The molecule has 2 nitrogen and oxygen atoms in total. The molecule has 4 heteroatoms. The Morgan fingerprint density at radius 2 is 1.76 bits per heavy atom. The summed E-state index contributed by atoms with van der Waals surface area (Å²) in [7, 11) is 0. The molecule has 0 saturated carbocycles. The molecule has 106 valence electrons. The van der Waals surface area contributed by atoms with Gasteiger partial charge in [-0.2, -0.15) is 0 Å². The van der Waals surface area contributed by atoms with Crippen LogP contribution >= 0.6 is 27.7 Å². The van der Waals surface area contributed by atoms with Crippen molar-refractivity contribution in [1.29, 1.82) is 0 Å². The van der Waals surface area contributed by atoms with Crippen molar-refractivity contribution in [3.05, 3.63) is 70.3 Å². The smallest absolute Gasteiger partial charge is 0.256 e. The van der Waals surface area contributed by atoms with Gasteiger partial charge in [0, 0.05) is 15.8 Å². The second kappa shape index (κ2) is 6.50. The summed E-state index contributed by atoms with van der Waals surface area (Å²) >= 11 is 5.04. The number of nitrogens with zero attached hydrogens (tertiary/aromatic N) is 1. The summed E-state index contributed by atoms with van der Waals surface area (Å²) in [4.78, 5) is 4.33. The summed E-state index contributed by atoms with van der Waals surface area (Å²) in [6.07, 6.45) is 1.78. The molecule has 0 unspecified atom stereocenters. The molecule has 21 heavy (non-hydrogen) atoms. The molecule has 0 radical (unpaired) electrons. The minimum atomic E-state index is 0.702. The standard InChI is InChI=1S/C17H14BrNOS/c1-12-2-4-13(5-3-12)11-21-17-19-10-16(20-17)14-6-8-15(18)9-7-14/h2-10H,11H2,1H3. The van der Waals surface area contributed by atoms with Crippen molar-refractivity contribution in [3.63, 3.8) is 0 Å². The number of rotatable bonds is 4. The highest BCUT2D eigenvalue weighted by Gasteiger charge is 2.07. The third-order valence-electron chi connectivity index (χ3n) is 3.10. The minimum absolute atomic E-state index is 0.702. The lowest BCUT2D eigenvalue weighted by Crippen LogP contribution is -1.80. The molecule has 0 saturated heterocycles. The van der Waals surface area contributed by atoms with Crippen LogP contribution < -0.4 is 0 Å². The Hall–Kier alpha value is -1.52. The van der Waals surface area contributed by atoms with Crippen molar-refractivity contribution >= 4 is 27.7 Å². The predicted octanol–water partition coefficient (Wildman–Crippen LogP) is 5.70. The number of aromatic nitrogens is 1. The maximum absolute atomic E-state index is 5.79. The van der Waals surface area contributed by atoms with Gasteiger partial charge in [-0.1, -0.05) is 69.7 Å². The largest absolute Gasteiger partial charge is 0.431 e. The molecule has 1 aromatic heterocycles. The molecular formula is C17H14BrNOS. The van der Waals surface area contributed by atoms with E-state index in [2.05, 4.69) is 52.1 Å². The molecule has 0 aliphatic heterocycles.